The van der Waals surface area contributed by atoms with Crippen LogP contribution in [0.5, 0.6) is 0 Å². The second-order valence-corrected chi connectivity index (χ2v) is 10.3. The highest BCUT2D eigenvalue weighted by Gasteiger charge is 2.51. The van der Waals surface area contributed by atoms with Gasteiger partial charge in [0.25, 0.3) is 5.91 Å². The van der Waals surface area contributed by atoms with Crippen molar-refractivity contribution in [3.63, 3.8) is 0 Å². The maximum Gasteiger partial charge on any atom is 0.490 e. The van der Waals surface area contributed by atoms with E-state index in [9.17, 15) is 18.0 Å². The zero-order chi connectivity index (χ0) is 23.5. The van der Waals surface area contributed by atoms with Gasteiger partial charge in [0.05, 0.1) is 33.7 Å². The minimum Gasteiger partial charge on any atom is -0.475 e. The Morgan fingerprint density at radius 3 is 2.56 bits per heavy atom. The number of carboxylic acid groups (broad SMARTS) is 1. The van der Waals surface area contributed by atoms with Crippen molar-refractivity contribution in [1.82, 2.24) is 14.9 Å². The molecule has 1 spiro atoms. The van der Waals surface area contributed by atoms with Crippen LogP contribution < -0.4 is 0 Å². The zero-order valence-corrected chi connectivity index (χ0v) is 19.0. The number of ether oxygens (including phenoxy) is 1. The van der Waals surface area contributed by atoms with Gasteiger partial charge < -0.3 is 14.7 Å². The summed E-state index contributed by atoms with van der Waals surface area (Å²) in [5.74, 6) is -1.67. The molecule has 0 aliphatic carbocycles. The molecule has 12 heteroatoms. The fourth-order valence-electron chi connectivity index (χ4n) is 3.46. The van der Waals surface area contributed by atoms with Crippen molar-refractivity contribution in [2.75, 3.05) is 18.8 Å². The number of amides is 1. The molecule has 7 nitrogen and oxygen atoms in total. The minimum absolute atomic E-state index is 0.0877. The third-order valence-electron chi connectivity index (χ3n) is 4.92. The van der Waals surface area contributed by atoms with Gasteiger partial charge in [-0.15, -0.1) is 23.1 Å². The fourth-order valence-corrected chi connectivity index (χ4v) is 5.60. The van der Waals surface area contributed by atoms with Gasteiger partial charge in [-0.1, -0.05) is 0 Å². The van der Waals surface area contributed by atoms with Crippen LogP contribution >= 0.6 is 23.1 Å². The van der Waals surface area contributed by atoms with Crippen molar-refractivity contribution in [2.45, 2.75) is 43.9 Å². The molecule has 4 heterocycles. The molecule has 174 valence electrons. The van der Waals surface area contributed by atoms with Gasteiger partial charge in [-0.05, 0) is 31.9 Å². The molecule has 32 heavy (non-hydrogen) atoms. The number of carbonyl (C=O) groups is 2. The van der Waals surface area contributed by atoms with E-state index in [4.69, 9.17) is 14.6 Å². The van der Waals surface area contributed by atoms with E-state index in [1.165, 1.54) is 0 Å². The molecule has 0 bridgehead atoms. The number of alkyl halides is 3. The number of aromatic nitrogens is 2. The summed E-state index contributed by atoms with van der Waals surface area (Å²) in [6.07, 6.45) is -0.391. The number of halogens is 3. The van der Waals surface area contributed by atoms with Gasteiger partial charge in [0.15, 0.2) is 0 Å². The lowest BCUT2D eigenvalue weighted by molar-refractivity contribution is -0.192. The van der Waals surface area contributed by atoms with Crippen LogP contribution in [0.4, 0.5) is 13.2 Å². The number of hydrogen-bond acceptors (Lipinski definition) is 7. The SMILES string of the molecule is Cc1cncc(C(=O)N2CC3(CC(OCc4csc(C)n4)CS3)C2)c1.O=C(O)C(F)(F)F. The number of thiazole rings is 1. The Morgan fingerprint density at radius 1 is 1.31 bits per heavy atom. The van der Waals surface area contributed by atoms with E-state index in [0.29, 0.717) is 12.2 Å². The summed E-state index contributed by atoms with van der Waals surface area (Å²) < 4.78 is 38.0. The quantitative estimate of drug-likeness (QED) is 0.700. The smallest absolute Gasteiger partial charge is 0.475 e. The Morgan fingerprint density at radius 2 is 2.00 bits per heavy atom. The molecular weight excluding hydrogens is 467 g/mol. The highest BCUT2D eigenvalue weighted by molar-refractivity contribution is 8.01. The third kappa shape index (κ3) is 6.20. The van der Waals surface area contributed by atoms with Crippen molar-refractivity contribution in [2.24, 2.45) is 0 Å². The largest absolute Gasteiger partial charge is 0.490 e. The summed E-state index contributed by atoms with van der Waals surface area (Å²) in [7, 11) is 0. The molecule has 2 aromatic heterocycles. The highest BCUT2D eigenvalue weighted by atomic mass is 32.2. The van der Waals surface area contributed by atoms with Gasteiger partial charge in [-0.2, -0.15) is 13.2 Å². The Kier molecular flexibility index (Phi) is 7.46. The first-order chi connectivity index (χ1) is 15.0. The lowest BCUT2D eigenvalue weighted by Gasteiger charge is -2.47. The number of hydrogen-bond donors (Lipinski definition) is 1. The van der Waals surface area contributed by atoms with E-state index in [0.717, 1.165) is 41.5 Å². The first-order valence-electron chi connectivity index (χ1n) is 9.65. The second kappa shape index (κ2) is 9.75. The first kappa shape index (κ1) is 24.5. The molecule has 1 unspecified atom stereocenters. The van der Waals surface area contributed by atoms with Crippen LogP contribution in [0.1, 0.15) is 33.0 Å². The summed E-state index contributed by atoms with van der Waals surface area (Å²) in [5, 5.41) is 10.3. The number of nitrogens with zero attached hydrogens (tertiary/aromatic N) is 3. The average molecular weight is 490 g/mol. The summed E-state index contributed by atoms with van der Waals surface area (Å²) in [4.78, 5) is 31.9. The van der Waals surface area contributed by atoms with Crippen LogP contribution in [-0.4, -0.2) is 67.7 Å². The van der Waals surface area contributed by atoms with E-state index in [1.807, 2.05) is 36.6 Å². The highest BCUT2D eigenvalue weighted by Crippen LogP contribution is 2.46. The van der Waals surface area contributed by atoms with E-state index < -0.39 is 12.1 Å². The van der Waals surface area contributed by atoms with Gasteiger partial charge in [-0.3, -0.25) is 9.78 Å². The third-order valence-corrected chi connectivity index (χ3v) is 7.32. The molecule has 0 aromatic carbocycles. The zero-order valence-electron chi connectivity index (χ0n) is 17.4. The van der Waals surface area contributed by atoms with Crippen LogP contribution in [0.15, 0.2) is 23.8 Å². The van der Waals surface area contributed by atoms with Crippen LogP contribution in [0.2, 0.25) is 0 Å². The van der Waals surface area contributed by atoms with Gasteiger partial charge in [0, 0.05) is 36.6 Å². The van der Waals surface area contributed by atoms with E-state index >= 15 is 0 Å². The van der Waals surface area contributed by atoms with Crippen LogP contribution in [0.3, 0.4) is 0 Å². The van der Waals surface area contributed by atoms with Crippen LogP contribution in [0.25, 0.3) is 0 Å². The number of aryl methyl sites for hydroxylation is 2. The lowest BCUT2D eigenvalue weighted by Crippen LogP contribution is -2.60. The molecule has 2 fully saturated rings. The average Bonchev–Trinajstić information content (AvgIpc) is 3.31. The molecule has 1 atom stereocenters. The molecule has 1 amide bonds. The van der Waals surface area contributed by atoms with Crippen LogP contribution in [0, 0.1) is 13.8 Å². The van der Waals surface area contributed by atoms with Crippen molar-refractivity contribution in [3.8, 4) is 0 Å². The Bertz CT molecular complexity index is 977. The second-order valence-electron chi connectivity index (χ2n) is 7.70. The summed E-state index contributed by atoms with van der Waals surface area (Å²) in [6, 6.07) is 1.91. The Labute approximate surface area is 191 Å². The molecule has 0 radical (unpaired) electrons. The van der Waals surface area contributed by atoms with Crippen molar-refractivity contribution in [1.29, 1.82) is 0 Å². The molecule has 2 aromatic rings. The predicted molar refractivity (Wildman–Crippen MR) is 114 cm³/mol. The number of likely N-dealkylation sites (tertiary alicyclic amines) is 1. The first-order valence-corrected chi connectivity index (χ1v) is 11.5. The molecule has 0 saturated carbocycles. The monoisotopic (exact) mass is 489 g/mol. The summed E-state index contributed by atoms with van der Waals surface area (Å²) >= 11 is 3.61. The Balaban J connectivity index is 0.000000360. The maximum absolute atomic E-state index is 12.6. The number of aliphatic carboxylic acids is 1. The Hall–Kier alpha value is -2.18. The topological polar surface area (TPSA) is 92.6 Å². The van der Waals surface area contributed by atoms with E-state index in [2.05, 4.69) is 15.3 Å². The fraction of sp³-hybridized carbons (Fsp3) is 0.500. The van der Waals surface area contributed by atoms with Gasteiger partial charge in [-0.25, -0.2) is 9.78 Å². The van der Waals surface area contributed by atoms with Crippen molar-refractivity contribution in [3.05, 3.63) is 45.7 Å². The number of pyridine rings is 1. The van der Waals surface area contributed by atoms with Gasteiger partial charge in [0.1, 0.15) is 0 Å². The number of carbonyl (C=O) groups excluding carboxylic acids is 1. The molecule has 2 aliphatic rings. The summed E-state index contributed by atoms with van der Waals surface area (Å²) in [6.45, 7) is 6.17. The predicted octanol–water partition coefficient (Wildman–Crippen LogP) is 3.71. The minimum atomic E-state index is -5.08. The number of carboxylic acids is 1. The van der Waals surface area contributed by atoms with Gasteiger partial charge in [0.2, 0.25) is 0 Å². The maximum atomic E-state index is 12.6. The number of rotatable bonds is 4. The molecule has 1 N–H and O–H groups in total. The standard InChI is InChI=1S/C18H21N3O2S2.C2HF3O2/c1-12-3-14(6-19-5-12)17(22)21-10-18(11-21)4-16(9-25-18)23-7-15-8-24-13(2)20-15;3-2(4,5)1(6)7/h3,5-6,8,16H,4,7,9-11H2,1-2H3;(H,6,7). The molecule has 2 aliphatic heterocycles. The summed E-state index contributed by atoms with van der Waals surface area (Å²) in [5.41, 5.74) is 2.72. The molecule has 2 saturated heterocycles. The number of thioether (sulfide) groups is 1. The van der Waals surface area contributed by atoms with Crippen LogP contribution in [-0.2, 0) is 16.1 Å². The lowest BCUT2D eigenvalue weighted by atomic mass is 9.92. The normalized spacial score (nSPS) is 19.3. The van der Waals surface area contributed by atoms with E-state index in [-0.39, 0.29) is 16.8 Å². The molecule has 4 rings (SSSR count). The van der Waals surface area contributed by atoms with Crippen molar-refractivity contribution >= 4 is 35.0 Å². The molecular formula is C20H22F3N3O4S2. The van der Waals surface area contributed by atoms with Crippen molar-refractivity contribution < 1.29 is 32.6 Å². The van der Waals surface area contributed by atoms with E-state index in [1.54, 1.807) is 23.7 Å². The van der Waals surface area contributed by atoms with Gasteiger partial charge >= 0.3 is 12.1 Å².